The average Bonchev–Trinajstić information content (AvgIpc) is 2.46. The molecular weight excluding hydrogens is 263 g/mol. The van der Waals surface area contributed by atoms with Crippen LogP contribution in [0.25, 0.3) is 0 Å². The van der Waals surface area contributed by atoms with Gasteiger partial charge in [-0.3, -0.25) is 4.90 Å². The molecule has 0 aromatic heterocycles. The number of rotatable bonds is 8. The van der Waals surface area contributed by atoms with E-state index >= 15 is 0 Å². The van der Waals surface area contributed by atoms with Crippen LogP contribution in [0.3, 0.4) is 0 Å². The Morgan fingerprint density at radius 2 is 1.57 bits per heavy atom. The van der Waals surface area contributed by atoms with Gasteiger partial charge in [-0.25, -0.2) is 4.39 Å². The zero-order valence-electron chi connectivity index (χ0n) is 14.1. The van der Waals surface area contributed by atoms with E-state index in [1.54, 1.807) is 12.1 Å². The van der Waals surface area contributed by atoms with E-state index in [9.17, 15) is 4.39 Å². The van der Waals surface area contributed by atoms with E-state index in [4.69, 9.17) is 5.73 Å². The van der Waals surface area contributed by atoms with E-state index < -0.39 is 0 Å². The lowest BCUT2D eigenvalue weighted by Gasteiger charge is -2.39. The molecule has 0 heterocycles. The molecule has 0 saturated carbocycles. The number of hydrogen-bond donors (Lipinski definition) is 1. The van der Waals surface area contributed by atoms with Crippen molar-refractivity contribution >= 4 is 0 Å². The van der Waals surface area contributed by atoms with Crippen molar-refractivity contribution in [2.24, 2.45) is 11.7 Å². The molecule has 0 saturated heterocycles. The molecule has 0 aliphatic carbocycles. The lowest BCUT2D eigenvalue weighted by atomic mass is 9.96. The highest BCUT2D eigenvalue weighted by atomic mass is 19.1. The first kappa shape index (κ1) is 18.1. The van der Waals surface area contributed by atoms with Crippen LogP contribution in [0.5, 0.6) is 0 Å². The van der Waals surface area contributed by atoms with E-state index in [1.807, 2.05) is 0 Å². The molecule has 0 bridgehead atoms. The van der Waals surface area contributed by atoms with Crippen molar-refractivity contribution < 1.29 is 4.39 Å². The molecule has 1 aromatic carbocycles. The first-order valence-corrected chi connectivity index (χ1v) is 8.17. The monoisotopic (exact) mass is 294 g/mol. The van der Waals surface area contributed by atoms with Gasteiger partial charge in [-0.05, 0) is 43.4 Å². The summed E-state index contributed by atoms with van der Waals surface area (Å²) < 4.78 is 13.1. The molecule has 2 atom stereocenters. The Hall–Kier alpha value is -0.930. The van der Waals surface area contributed by atoms with E-state index in [0.29, 0.717) is 12.0 Å². The topological polar surface area (TPSA) is 29.3 Å². The highest BCUT2D eigenvalue weighted by Crippen LogP contribution is 2.24. The second kappa shape index (κ2) is 8.50. The highest BCUT2D eigenvalue weighted by molar-refractivity contribution is 5.21. The molecule has 120 valence electrons. The van der Waals surface area contributed by atoms with Crippen LogP contribution in [-0.2, 0) is 0 Å². The van der Waals surface area contributed by atoms with Crippen molar-refractivity contribution in [3.05, 3.63) is 35.6 Å². The van der Waals surface area contributed by atoms with Crippen molar-refractivity contribution in [1.82, 2.24) is 4.90 Å². The van der Waals surface area contributed by atoms with Gasteiger partial charge in [0.1, 0.15) is 5.82 Å². The van der Waals surface area contributed by atoms with Crippen LogP contribution >= 0.6 is 0 Å². The van der Waals surface area contributed by atoms with Gasteiger partial charge in [0, 0.05) is 24.7 Å². The van der Waals surface area contributed by atoms with E-state index in [2.05, 4.69) is 39.5 Å². The normalized spacial score (nSPS) is 15.0. The molecule has 21 heavy (non-hydrogen) atoms. The molecular formula is C18H31FN2. The molecule has 0 radical (unpaired) electrons. The number of nitrogens with zero attached hydrogens (tertiary/aromatic N) is 1. The molecule has 0 spiro atoms. The first-order chi connectivity index (χ1) is 9.90. The molecule has 3 heteroatoms. The fourth-order valence-corrected chi connectivity index (χ4v) is 3.00. The second-order valence-corrected chi connectivity index (χ2v) is 6.38. The van der Waals surface area contributed by atoms with Crippen LogP contribution in [0, 0.1) is 11.7 Å². The average molecular weight is 294 g/mol. The van der Waals surface area contributed by atoms with E-state index in [1.165, 1.54) is 12.1 Å². The fraction of sp³-hybridized carbons (Fsp3) is 0.667. The minimum Gasteiger partial charge on any atom is -0.323 e. The van der Waals surface area contributed by atoms with Gasteiger partial charge < -0.3 is 5.73 Å². The Bertz CT molecular complexity index is 398. The number of hydrogen-bond acceptors (Lipinski definition) is 2. The molecule has 1 rings (SSSR count). The minimum absolute atomic E-state index is 0.0926. The van der Waals surface area contributed by atoms with Crippen molar-refractivity contribution in [3.63, 3.8) is 0 Å². The number of nitrogens with two attached hydrogens (primary N) is 1. The molecule has 0 fully saturated rings. The third-order valence-corrected chi connectivity index (χ3v) is 4.29. The van der Waals surface area contributed by atoms with Crippen LogP contribution in [0.1, 0.15) is 59.1 Å². The summed E-state index contributed by atoms with van der Waals surface area (Å²) in [5.41, 5.74) is 7.45. The Labute approximate surface area is 129 Å². The second-order valence-electron chi connectivity index (χ2n) is 6.38. The quantitative estimate of drug-likeness (QED) is 0.772. The van der Waals surface area contributed by atoms with Crippen LogP contribution in [-0.4, -0.2) is 23.5 Å². The maximum Gasteiger partial charge on any atom is 0.123 e. The minimum atomic E-state index is -0.211. The summed E-state index contributed by atoms with van der Waals surface area (Å²) in [6.07, 6.45) is 2.26. The predicted molar refractivity (Wildman–Crippen MR) is 88.7 cm³/mol. The molecule has 2 unspecified atom stereocenters. The largest absolute Gasteiger partial charge is 0.323 e. The highest BCUT2D eigenvalue weighted by Gasteiger charge is 2.27. The third kappa shape index (κ3) is 5.08. The van der Waals surface area contributed by atoms with Crippen molar-refractivity contribution in [2.45, 2.75) is 65.6 Å². The summed E-state index contributed by atoms with van der Waals surface area (Å²) in [5, 5.41) is 0. The van der Waals surface area contributed by atoms with E-state index in [-0.39, 0.29) is 17.9 Å². The SMILES string of the molecule is CCC(CC)N(CC(C)C)C(C)C(N)c1ccc(F)cc1. The van der Waals surface area contributed by atoms with Crippen LogP contribution < -0.4 is 5.73 Å². The van der Waals surface area contributed by atoms with Crippen LogP contribution in [0.2, 0.25) is 0 Å². The van der Waals surface area contributed by atoms with Gasteiger partial charge in [-0.15, -0.1) is 0 Å². The van der Waals surface area contributed by atoms with Crippen LogP contribution in [0.15, 0.2) is 24.3 Å². The van der Waals surface area contributed by atoms with Crippen molar-refractivity contribution in [3.8, 4) is 0 Å². The number of halogens is 1. The van der Waals surface area contributed by atoms with Gasteiger partial charge in [0.2, 0.25) is 0 Å². The van der Waals surface area contributed by atoms with Gasteiger partial charge in [0.05, 0.1) is 0 Å². The van der Waals surface area contributed by atoms with Gasteiger partial charge in [-0.1, -0.05) is 39.8 Å². The van der Waals surface area contributed by atoms with Crippen LogP contribution in [0.4, 0.5) is 4.39 Å². The standard InChI is InChI=1S/C18H31FN2/c1-6-17(7-2)21(12-13(3)4)14(5)18(20)15-8-10-16(19)11-9-15/h8-11,13-14,17-18H,6-7,12,20H2,1-5H3. The molecule has 0 aliphatic heterocycles. The predicted octanol–water partition coefficient (Wildman–Crippen LogP) is 4.36. The molecule has 0 aliphatic rings. The Morgan fingerprint density at radius 3 is 2.00 bits per heavy atom. The van der Waals surface area contributed by atoms with E-state index in [0.717, 1.165) is 24.9 Å². The molecule has 0 amide bonds. The molecule has 2 N–H and O–H groups in total. The van der Waals surface area contributed by atoms with Crippen molar-refractivity contribution in [1.29, 1.82) is 0 Å². The van der Waals surface area contributed by atoms with Gasteiger partial charge >= 0.3 is 0 Å². The first-order valence-electron chi connectivity index (χ1n) is 8.17. The summed E-state index contributed by atoms with van der Waals surface area (Å²) in [6.45, 7) is 12.2. The molecule has 2 nitrogen and oxygen atoms in total. The summed E-state index contributed by atoms with van der Waals surface area (Å²) in [4.78, 5) is 2.53. The zero-order chi connectivity index (χ0) is 16.0. The Kier molecular flexibility index (Phi) is 7.33. The Morgan fingerprint density at radius 1 is 1.05 bits per heavy atom. The fourth-order valence-electron chi connectivity index (χ4n) is 3.00. The third-order valence-electron chi connectivity index (χ3n) is 4.29. The Balaban J connectivity index is 2.92. The molecule has 1 aromatic rings. The summed E-state index contributed by atoms with van der Waals surface area (Å²) in [5.74, 6) is 0.395. The summed E-state index contributed by atoms with van der Waals surface area (Å²) in [7, 11) is 0. The maximum absolute atomic E-state index is 13.1. The smallest absolute Gasteiger partial charge is 0.123 e. The van der Waals surface area contributed by atoms with Gasteiger partial charge in [0.15, 0.2) is 0 Å². The number of benzene rings is 1. The van der Waals surface area contributed by atoms with Gasteiger partial charge in [-0.2, -0.15) is 0 Å². The summed E-state index contributed by atoms with van der Waals surface area (Å²) >= 11 is 0. The maximum atomic E-state index is 13.1. The van der Waals surface area contributed by atoms with Crippen molar-refractivity contribution in [2.75, 3.05) is 6.54 Å². The lowest BCUT2D eigenvalue weighted by molar-refractivity contribution is 0.102. The zero-order valence-corrected chi connectivity index (χ0v) is 14.1. The lowest BCUT2D eigenvalue weighted by Crippen LogP contribution is -2.48. The van der Waals surface area contributed by atoms with Gasteiger partial charge in [0.25, 0.3) is 0 Å². The summed E-state index contributed by atoms with van der Waals surface area (Å²) in [6, 6.07) is 7.28.